The Bertz CT molecular complexity index is 1160. The van der Waals surface area contributed by atoms with E-state index in [1.165, 1.54) is 6.07 Å². The quantitative estimate of drug-likeness (QED) is 0.309. The molecule has 0 unspecified atom stereocenters. The van der Waals surface area contributed by atoms with Crippen molar-refractivity contribution in [3.63, 3.8) is 0 Å². The van der Waals surface area contributed by atoms with Crippen LogP contribution in [0.2, 0.25) is 15.2 Å². The molecule has 166 valence electrons. The smallest absolute Gasteiger partial charge is 0.337 e. The summed E-state index contributed by atoms with van der Waals surface area (Å²) in [7, 11) is -4.35. The van der Waals surface area contributed by atoms with Crippen molar-refractivity contribution in [2.75, 3.05) is 11.9 Å². The Kier molecular flexibility index (Phi) is 8.03. The third kappa shape index (κ3) is 6.67. The van der Waals surface area contributed by atoms with Gasteiger partial charge in [-0.25, -0.2) is 13.2 Å². The van der Waals surface area contributed by atoms with E-state index in [1.807, 2.05) is 5.43 Å². The molecular formula is C16H13Cl3N4O7S. The number of sulfonamides is 1. The zero-order valence-corrected chi connectivity index (χ0v) is 18.5. The number of nitrogens with one attached hydrogen (secondary N) is 3. The average Bonchev–Trinajstić information content (AvgIpc) is 2.67. The Labute approximate surface area is 190 Å². The molecule has 1 aromatic carbocycles. The Morgan fingerprint density at radius 3 is 2.42 bits per heavy atom. The predicted molar refractivity (Wildman–Crippen MR) is 111 cm³/mol. The summed E-state index contributed by atoms with van der Waals surface area (Å²) in [6.45, 7) is 0.477. The first-order valence-electron chi connectivity index (χ1n) is 8.00. The van der Waals surface area contributed by atoms with Crippen molar-refractivity contribution in [1.29, 1.82) is 0 Å². The number of anilines is 1. The van der Waals surface area contributed by atoms with Gasteiger partial charge in [-0.3, -0.25) is 15.0 Å². The highest BCUT2D eigenvalue weighted by Crippen LogP contribution is 2.30. The van der Waals surface area contributed by atoms with E-state index in [1.54, 1.807) is 4.83 Å². The third-order valence-electron chi connectivity index (χ3n) is 3.36. The fraction of sp³-hybridized carbons (Fsp3) is 0.125. The summed E-state index contributed by atoms with van der Waals surface area (Å²) in [5.41, 5.74) is 1.32. The first kappa shape index (κ1) is 24.6. The van der Waals surface area contributed by atoms with Crippen LogP contribution in [0.5, 0.6) is 5.88 Å². The first-order chi connectivity index (χ1) is 14.4. The number of carbonyl (C=O) groups excluding carboxylic acids is 2. The molecule has 1 aromatic heterocycles. The van der Waals surface area contributed by atoms with Crippen LogP contribution in [-0.2, 0) is 19.6 Å². The number of ether oxygens (including phenoxy) is 1. The summed E-state index contributed by atoms with van der Waals surface area (Å²) >= 11 is 17.3. The number of nitrogens with zero attached hydrogens (tertiary/aromatic N) is 1. The molecule has 0 saturated carbocycles. The lowest BCUT2D eigenvalue weighted by Gasteiger charge is -2.12. The van der Waals surface area contributed by atoms with Gasteiger partial charge in [-0.15, -0.1) is 4.83 Å². The van der Waals surface area contributed by atoms with Crippen LogP contribution in [-0.4, -0.2) is 42.9 Å². The van der Waals surface area contributed by atoms with Crippen LogP contribution in [0.4, 0.5) is 5.69 Å². The highest BCUT2D eigenvalue weighted by molar-refractivity contribution is 7.89. The SMILES string of the molecule is CC(=O)Nc1ccc(S(=O)(=O)NNC(=O)COc2nc(Cl)c(Cl)cc2Cl)cc1C(=O)O. The summed E-state index contributed by atoms with van der Waals surface area (Å²) < 4.78 is 29.7. The van der Waals surface area contributed by atoms with Gasteiger partial charge >= 0.3 is 5.97 Å². The number of amides is 2. The largest absolute Gasteiger partial charge is 0.478 e. The number of carboxylic acids is 1. The van der Waals surface area contributed by atoms with Crippen molar-refractivity contribution in [1.82, 2.24) is 15.2 Å². The van der Waals surface area contributed by atoms with Gasteiger partial charge in [-0.2, -0.15) is 4.98 Å². The zero-order valence-electron chi connectivity index (χ0n) is 15.4. The molecule has 0 atom stereocenters. The number of carbonyl (C=O) groups is 3. The molecule has 0 aliphatic heterocycles. The maximum absolute atomic E-state index is 12.3. The van der Waals surface area contributed by atoms with Gasteiger partial charge in [-0.1, -0.05) is 34.8 Å². The number of rotatable bonds is 8. The van der Waals surface area contributed by atoms with E-state index in [2.05, 4.69) is 10.3 Å². The lowest BCUT2D eigenvalue weighted by atomic mass is 10.2. The number of aromatic carboxylic acids is 1. The van der Waals surface area contributed by atoms with E-state index in [9.17, 15) is 27.9 Å². The van der Waals surface area contributed by atoms with Gasteiger partial charge in [0.15, 0.2) is 11.8 Å². The minimum atomic E-state index is -4.35. The van der Waals surface area contributed by atoms with E-state index < -0.39 is 44.9 Å². The normalized spacial score (nSPS) is 11.0. The van der Waals surface area contributed by atoms with Gasteiger partial charge in [0.1, 0.15) is 5.02 Å². The number of pyridine rings is 1. The van der Waals surface area contributed by atoms with Crippen LogP contribution in [0.1, 0.15) is 17.3 Å². The highest BCUT2D eigenvalue weighted by Gasteiger charge is 2.20. The number of benzene rings is 1. The maximum Gasteiger partial charge on any atom is 0.337 e. The average molecular weight is 512 g/mol. The van der Waals surface area contributed by atoms with E-state index in [-0.39, 0.29) is 26.8 Å². The van der Waals surface area contributed by atoms with Gasteiger partial charge in [0.05, 0.1) is 21.2 Å². The molecule has 0 saturated heterocycles. The fourth-order valence-electron chi connectivity index (χ4n) is 2.05. The van der Waals surface area contributed by atoms with Gasteiger partial charge in [-0.05, 0) is 24.3 Å². The second-order valence-electron chi connectivity index (χ2n) is 5.68. The van der Waals surface area contributed by atoms with E-state index in [0.717, 1.165) is 25.1 Å². The molecule has 0 fully saturated rings. The summed E-state index contributed by atoms with van der Waals surface area (Å²) in [6.07, 6.45) is 0. The summed E-state index contributed by atoms with van der Waals surface area (Å²) in [6, 6.07) is 4.21. The van der Waals surface area contributed by atoms with E-state index in [4.69, 9.17) is 39.5 Å². The third-order valence-corrected chi connectivity index (χ3v) is 5.55. The number of hydrogen-bond acceptors (Lipinski definition) is 7. The summed E-state index contributed by atoms with van der Waals surface area (Å²) in [4.78, 5) is 39.4. The van der Waals surface area contributed by atoms with Gasteiger partial charge < -0.3 is 15.2 Å². The number of hydrogen-bond donors (Lipinski definition) is 4. The Balaban J connectivity index is 2.06. The number of halogens is 3. The lowest BCUT2D eigenvalue weighted by molar-refractivity contribution is -0.123. The van der Waals surface area contributed by atoms with Gasteiger partial charge in [0.2, 0.25) is 11.8 Å². The molecule has 1 heterocycles. The van der Waals surface area contributed by atoms with Crippen LogP contribution in [0.15, 0.2) is 29.2 Å². The monoisotopic (exact) mass is 510 g/mol. The number of carboxylic acid groups (broad SMARTS) is 1. The van der Waals surface area contributed by atoms with E-state index in [0.29, 0.717) is 0 Å². The first-order valence-corrected chi connectivity index (χ1v) is 10.6. The second-order valence-corrected chi connectivity index (χ2v) is 8.54. The zero-order chi connectivity index (χ0) is 23.3. The molecule has 0 radical (unpaired) electrons. The maximum atomic E-state index is 12.3. The van der Waals surface area contributed by atoms with Crippen LogP contribution in [0, 0.1) is 0 Å². The summed E-state index contributed by atoms with van der Waals surface area (Å²) in [5.74, 6) is -3.14. The van der Waals surface area contributed by atoms with Gasteiger partial charge in [0, 0.05) is 6.92 Å². The lowest BCUT2D eigenvalue weighted by Crippen LogP contribution is -2.43. The van der Waals surface area contributed by atoms with Crippen LogP contribution < -0.4 is 20.3 Å². The molecule has 15 heteroatoms. The number of aromatic nitrogens is 1. The molecule has 2 amide bonds. The van der Waals surface area contributed by atoms with Crippen LogP contribution >= 0.6 is 34.8 Å². The summed E-state index contributed by atoms with van der Waals surface area (Å²) in [5, 5.41) is 11.4. The number of hydrazine groups is 1. The molecule has 2 rings (SSSR count). The predicted octanol–water partition coefficient (Wildman–Crippen LogP) is 2.09. The van der Waals surface area contributed by atoms with E-state index >= 15 is 0 Å². The molecule has 4 N–H and O–H groups in total. The second kappa shape index (κ2) is 10.1. The minimum absolute atomic E-state index is 0.0248. The molecule has 11 nitrogen and oxygen atoms in total. The van der Waals surface area contributed by atoms with Crippen molar-refractivity contribution < 1.29 is 32.6 Å². The molecule has 0 aliphatic rings. The van der Waals surface area contributed by atoms with Crippen molar-refractivity contribution in [2.24, 2.45) is 0 Å². The van der Waals surface area contributed by atoms with Crippen molar-refractivity contribution >= 4 is 68.3 Å². The highest BCUT2D eigenvalue weighted by atomic mass is 35.5. The Morgan fingerprint density at radius 2 is 1.81 bits per heavy atom. The fourth-order valence-corrected chi connectivity index (χ4v) is 3.48. The van der Waals surface area contributed by atoms with Gasteiger partial charge in [0.25, 0.3) is 15.9 Å². The molecular weight excluding hydrogens is 499 g/mol. The van der Waals surface area contributed by atoms with Crippen molar-refractivity contribution in [2.45, 2.75) is 11.8 Å². The molecule has 0 spiro atoms. The van der Waals surface area contributed by atoms with Crippen LogP contribution in [0.3, 0.4) is 0 Å². The Hall–Kier alpha value is -2.64. The Morgan fingerprint density at radius 1 is 1.13 bits per heavy atom. The van der Waals surface area contributed by atoms with Crippen molar-refractivity contribution in [3.8, 4) is 5.88 Å². The molecule has 31 heavy (non-hydrogen) atoms. The van der Waals surface area contributed by atoms with Crippen LogP contribution in [0.25, 0.3) is 0 Å². The topological polar surface area (TPSA) is 164 Å². The molecule has 0 aliphatic carbocycles. The minimum Gasteiger partial charge on any atom is -0.478 e. The molecule has 2 aromatic rings. The standard InChI is InChI=1S/C16H13Cl3N4O7S/c1-7(24)20-12-3-2-8(4-9(12)16(26)27)31(28,29)23-22-13(25)6-30-15-11(18)5-10(17)14(19)21-15/h2-5,23H,6H2,1H3,(H,20,24)(H,22,25)(H,26,27). The van der Waals surface area contributed by atoms with Crippen molar-refractivity contribution in [3.05, 3.63) is 45.0 Å². The molecule has 0 bridgehead atoms.